The number of nitrogens with one attached hydrogen (secondary N) is 1. The molecule has 0 spiro atoms. The molecular weight excluding hydrogens is 364 g/mol. The van der Waals surface area contributed by atoms with Crippen molar-refractivity contribution in [2.45, 2.75) is 19.4 Å². The molecule has 1 saturated heterocycles. The summed E-state index contributed by atoms with van der Waals surface area (Å²) < 4.78 is 10.7. The molecule has 2 heterocycles. The van der Waals surface area contributed by atoms with Gasteiger partial charge in [0.1, 0.15) is 12.3 Å². The van der Waals surface area contributed by atoms with Crippen molar-refractivity contribution >= 4 is 34.5 Å². The second-order valence-corrected chi connectivity index (χ2v) is 6.23. The lowest BCUT2D eigenvalue weighted by molar-refractivity contribution is -0.139. The van der Waals surface area contributed by atoms with Crippen LogP contribution in [-0.4, -0.2) is 39.9 Å². The van der Waals surface area contributed by atoms with Crippen LogP contribution in [0.1, 0.15) is 29.1 Å². The minimum atomic E-state index is -0.480. The number of rotatable bonds is 5. The maximum absolute atomic E-state index is 12.7. The summed E-state index contributed by atoms with van der Waals surface area (Å²) in [7, 11) is 1.48. The summed E-state index contributed by atoms with van der Waals surface area (Å²) in [5.41, 5.74) is 0.311. The molecule has 28 heavy (non-hydrogen) atoms. The Bertz CT molecular complexity index is 1070. The number of amides is 3. The fraction of sp³-hybridized carbons (Fsp3) is 0.211. The second-order valence-electron chi connectivity index (χ2n) is 6.23. The lowest BCUT2D eigenvalue weighted by atomic mass is 10.1. The number of fused-ring (bicyclic) bond motifs is 1. The van der Waals surface area contributed by atoms with Crippen LogP contribution in [-0.2, 0) is 16.1 Å². The van der Waals surface area contributed by atoms with Gasteiger partial charge in [0.2, 0.25) is 17.7 Å². The molecule has 0 radical (unpaired) electrons. The number of nitrogens with zero attached hydrogens (tertiary/aromatic N) is 3. The third-order valence-corrected chi connectivity index (χ3v) is 4.45. The van der Waals surface area contributed by atoms with Crippen molar-refractivity contribution in [2.24, 2.45) is 0 Å². The van der Waals surface area contributed by atoms with E-state index in [-0.39, 0.29) is 43.1 Å². The zero-order chi connectivity index (χ0) is 19.7. The van der Waals surface area contributed by atoms with Gasteiger partial charge in [-0.2, -0.15) is 0 Å². The maximum atomic E-state index is 12.7. The highest BCUT2D eigenvalue weighted by Crippen LogP contribution is 2.26. The predicted octanol–water partition coefficient (Wildman–Crippen LogP) is 2.13. The normalized spacial score (nSPS) is 14.0. The molecule has 3 amide bonds. The Morgan fingerprint density at radius 3 is 2.50 bits per heavy atom. The number of imide groups is 1. The zero-order valence-electron chi connectivity index (χ0n) is 15.0. The van der Waals surface area contributed by atoms with Crippen LogP contribution in [0.15, 0.2) is 40.8 Å². The molecule has 142 valence electrons. The van der Waals surface area contributed by atoms with Gasteiger partial charge in [0.05, 0.1) is 12.7 Å². The van der Waals surface area contributed by atoms with Crippen molar-refractivity contribution in [1.29, 1.82) is 0 Å². The molecule has 9 nitrogen and oxygen atoms in total. The molecule has 9 heteroatoms. The number of aromatic nitrogens is 2. The van der Waals surface area contributed by atoms with Crippen molar-refractivity contribution in [3.63, 3.8) is 0 Å². The minimum Gasteiger partial charge on any atom is -0.496 e. The van der Waals surface area contributed by atoms with Crippen molar-refractivity contribution in [3.8, 4) is 5.75 Å². The Balaban J connectivity index is 1.53. The number of hydrogen-bond acceptors (Lipinski definition) is 7. The van der Waals surface area contributed by atoms with E-state index in [0.717, 1.165) is 15.7 Å². The first-order chi connectivity index (χ1) is 13.5. The van der Waals surface area contributed by atoms with Crippen LogP contribution in [0, 0.1) is 0 Å². The summed E-state index contributed by atoms with van der Waals surface area (Å²) in [6.45, 7) is -0.111. The first kappa shape index (κ1) is 17.7. The van der Waals surface area contributed by atoms with Crippen LogP contribution >= 0.6 is 0 Å². The smallest absolute Gasteiger partial charge is 0.322 e. The number of carbonyl (C=O) groups is 3. The summed E-state index contributed by atoms with van der Waals surface area (Å²) >= 11 is 0. The summed E-state index contributed by atoms with van der Waals surface area (Å²) in [5.74, 6) is -0.580. The van der Waals surface area contributed by atoms with E-state index in [4.69, 9.17) is 9.15 Å². The summed E-state index contributed by atoms with van der Waals surface area (Å²) in [6.07, 6.45) is 0.358. The molecule has 1 aromatic heterocycles. The van der Waals surface area contributed by atoms with Crippen molar-refractivity contribution in [3.05, 3.63) is 47.9 Å². The molecular formula is C19H16N4O5. The number of anilines is 1. The van der Waals surface area contributed by atoms with Gasteiger partial charge in [-0.05, 0) is 22.9 Å². The van der Waals surface area contributed by atoms with E-state index < -0.39 is 5.91 Å². The highest BCUT2D eigenvalue weighted by atomic mass is 16.5. The average molecular weight is 380 g/mol. The monoisotopic (exact) mass is 380 g/mol. The maximum Gasteiger partial charge on any atom is 0.322 e. The van der Waals surface area contributed by atoms with E-state index in [1.165, 1.54) is 7.11 Å². The SMILES string of the molecule is COc1cc2ccccc2cc1C(=O)Nc1nnc(CN2C(=O)CCC2=O)o1. The third-order valence-electron chi connectivity index (χ3n) is 4.45. The molecule has 1 aliphatic rings. The molecule has 3 aromatic rings. The molecule has 0 atom stereocenters. The molecule has 0 bridgehead atoms. The fourth-order valence-corrected chi connectivity index (χ4v) is 3.03. The average Bonchev–Trinajstić information content (AvgIpc) is 3.28. The largest absolute Gasteiger partial charge is 0.496 e. The van der Waals surface area contributed by atoms with E-state index in [1.54, 1.807) is 12.1 Å². The number of likely N-dealkylation sites (tertiary alicyclic amines) is 1. The molecule has 1 fully saturated rings. The first-order valence-electron chi connectivity index (χ1n) is 8.59. The number of ether oxygens (including phenoxy) is 1. The van der Waals surface area contributed by atoms with Crippen LogP contribution in [0.2, 0.25) is 0 Å². The first-order valence-corrected chi connectivity index (χ1v) is 8.59. The van der Waals surface area contributed by atoms with Crippen LogP contribution in [0.3, 0.4) is 0 Å². The molecule has 0 aliphatic carbocycles. The highest BCUT2D eigenvalue weighted by molar-refractivity contribution is 6.08. The zero-order valence-corrected chi connectivity index (χ0v) is 15.0. The van der Waals surface area contributed by atoms with Gasteiger partial charge in [-0.15, -0.1) is 5.10 Å². The quantitative estimate of drug-likeness (QED) is 0.674. The summed E-state index contributed by atoms with van der Waals surface area (Å²) in [5, 5.41) is 11.9. The van der Waals surface area contributed by atoms with Crippen LogP contribution in [0.4, 0.5) is 6.01 Å². The van der Waals surface area contributed by atoms with E-state index >= 15 is 0 Å². The van der Waals surface area contributed by atoms with Crippen molar-refractivity contribution in [2.75, 3.05) is 12.4 Å². The topological polar surface area (TPSA) is 115 Å². The van der Waals surface area contributed by atoms with Gasteiger partial charge in [-0.1, -0.05) is 29.4 Å². The summed E-state index contributed by atoms with van der Waals surface area (Å²) in [4.78, 5) is 37.1. The number of benzene rings is 2. The van der Waals surface area contributed by atoms with E-state index in [1.807, 2.05) is 24.3 Å². The number of methoxy groups -OCH3 is 1. The minimum absolute atomic E-state index is 0.0596. The molecule has 0 saturated carbocycles. The van der Waals surface area contributed by atoms with Gasteiger partial charge < -0.3 is 9.15 Å². The molecule has 1 aliphatic heterocycles. The second kappa shape index (κ2) is 7.10. The van der Waals surface area contributed by atoms with E-state index in [2.05, 4.69) is 15.5 Å². The Morgan fingerprint density at radius 1 is 1.14 bits per heavy atom. The Morgan fingerprint density at radius 2 is 1.82 bits per heavy atom. The standard InChI is InChI=1S/C19H16N4O5/c1-27-14-9-12-5-3-2-4-11(12)8-13(14)18(26)20-19-22-21-15(28-19)10-23-16(24)6-7-17(23)25/h2-5,8-9H,6-7,10H2,1H3,(H,20,22,26). The van der Waals surface area contributed by atoms with Crippen LogP contribution < -0.4 is 10.1 Å². The molecule has 1 N–H and O–H groups in total. The van der Waals surface area contributed by atoms with Crippen LogP contribution in [0.5, 0.6) is 5.75 Å². The van der Waals surface area contributed by atoms with Gasteiger partial charge in [0.25, 0.3) is 5.91 Å². The Kier molecular flexibility index (Phi) is 4.48. The third kappa shape index (κ3) is 3.29. The van der Waals surface area contributed by atoms with E-state index in [9.17, 15) is 14.4 Å². The van der Waals surface area contributed by atoms with Crippen molar-refractivity contribution < 1.29 is 23.5 Å². The van der Waals surface area contributed by atoms with Gasteiger partial charge >= 0.3 is 6.01 Å². The van der Waals surface area contributed by atoms with Crippen molar-refractivity contribution in [1.82, 2.24) is 15.1 Å². The highest BCUT2D eigenvalue weighted by Gasteiger charge is 2.30. The van der Waals surface area contributed by atoms with Gasteiger partial charge in [0, 0.05) is 12.8 Å². The lowest BCUT2D eigenvalue weighted by Gasteiger charge is -2.10. The number of carbonyl (C=O) groups excluding carboxylic acids is 3. The molecule has 2 aromatic carbocycles. The van der Waals surface area contributed by atoms with E-state index in [0.29, 0.717) is 11.3 Å². The van der Waals surface area contributed by atoms with Gasteiger partial charge in [0.15, 0.2) is 0 Å². The molecule has 4 rings (SSSR count). The predicted molar refractivity (Wildman–Crippen MR) is 97.5 cm³/mol. The Labute approximate surface area is 159 Å². The lowest BCUT2D eigenvalue weighted by Crippen LogP contribution is -2.28. The molecule has 0 unspecified atom stereocenters. The Hall–Kier alpha value is -3.75. The van der Waals surface area contributed by atoms with Gasteiger partial charge in [-0.25, -0.2) is 0 Å². The van der Waals surface area contributed by atoms with Crippen LogP contribution in [0.25, 0.3) is 10.8 Å². The summed E-state index contributed by atoms with van der Waals surface area (Å²) in [6, 6.07) is 10.9. The van der Waals surface area contributed by atoms with Gasteiger partial charge in [-0.3, -0.25) is 24.6 Å². The fourth-order valence-electron chi connectivity index (χ4n) is 3.03. The number of hydrogen-bond donors (Lipinski definition) is 1.